The maximum atomic E-state index is 15.1. The zero-order chi connectivity index (χ0) is 46.9. The van der Waals surface area contributed by atoms with Gasteiger partial charge in [-0.15, -0.1) is 11.8 Å². The third kappa shape index (κ3) is 11.3. The largest absolute Gasteiger partial charge is 0.467 e. The number of ether oxygens (including phenoxy) is 3. The second-order valence-electron chi connectivity index (χ2n) is 17.6. The molecule has 4 atom stereocenters. The molecule has 1 aliphatic carbocycles. The molecule has 0 bridgehead atoms. The van der Waals surface area contributed by atoms with Crippen molar-refractivity contribution >= 4 is 41.5 Å². The van der Waals surface area contributed by atoms with Crippen molar-refractivity contribution in [3.05, 3.63) is 167 Å². The zero-order valence-electron chi connectivity index (χ0n) is 37.8. The summed E-state index contributed by atoms with van der Waals surface area (Å²) in [4.78, 5) is 69.0. The molecule has 0 aromatic heterocycles. The highest BCUT2D eigenvalue weighted by Gasteiger charge is 2.48. The van der Waals surface area contributed by atoms with E-state index < -0.39 is 75.5 Å². The van der Waals surface area contributed by atoms with Gasteiger partial charge in [0.2, 0.25) is 17.7 Å². The van der Waals surface area contributed by atoms with E-state index >= 15 is 4.79 Å². The molecule has 0 saturated heterocycles. The van der Waals surface area contributed by atoms with Crippen molar-refractivity contribution in [1.82, 2.24) is 16.0 Å². The van der Waals surface area contributed by atoms with Crippen LogP contribution in [0.25, 0.3) is 11.1 Å². The van der Waals surface area contributed by atoms with Gasteiger partial charge in [0.15, 0.2) is 6.04 Å². The maximum absolute atomic E-state index is 15.1. The first-order chi connectivity index (χ1) is 30.9. The molecule has 6 rings (SSSR count). The average molecular weight is 899 g/mol. The molecule has 0 spiro atoms. The number of hydrogen-bond donors (Lipinski definition) is 4. The molecule has 4 amide bonds. The monoisotopic (exact) mass is 898 g/mol. The fraction of sp³-hybridized carbons (Fsp3) is 0.327. The molecule has 340 valence electrons. The number of hydrogen-bond acceptors (Lipinski definition) is 9. The Balaban J connectivity index is 1.38. The lowest BCUT2D eigenvalue weighted by Crippen LogP contribution is -2.62. The Kier molecular flexibility index (Phi) is 15.2. The van der Waals surface area contributed by atoms with E-state index in [1.807, 2.05) is 153 Å². The molecule has 1 aliphatic rings. The number of methoxy groups -OCH3 is 1. The van der Waals surface area contributed by atoms with Crippen molar-refractivity contribution in [2.45, 2.75) is 93.2 Å². The van der Waals surface area contributed by atoms with Crippen LogP contribution in [0.3, 0.4) is 0 Å². The average Bonchev–Trinajstić information content (AvgIpc) is 3.61. The minimum Gasteiger partial charge on any atom is -0.467 e. The van der Waals surface area contributed by atoms with E-state index in [0.29, 0.717) is 0 Å². The van der Waals surface area contributed by atoms with Crippen LogP contribution < -0.4 is 21.7 Å². The number of benzene rings is 5. The lowest BCUT2D eigenvalue weighted by molar-refractivity contribution is -0.153. The molecule has 0 fully saturated rings. The summed E-state index contributed by atoms with van der Waals surface area (Å²) in [6.45, 7) is 10.6. The molecular weight excluding hydrogens is 841 g/mol. The summed E-state index contributed by atoms with van der Waals surface area (Å²) in [5.74, 6) is -3.67. The predicted molar refractivity (Wildman–Crippen MR) is 253 cm³/mol. The van der Waals surface area contributed by atoms with Gasteiger partial charge in [-0.1, -0.05) is 140 Å². The third-order valence-electron chi connectivity index (χ3n) is 11.3. The topological polar surface area (TPSA) is 175 Å². The Morgan fingerprint density at radius 3 is 1.55 bits per heavy atom. The van der Waals surface area contributed by atoms with Gasteiger partial charge in [-0.05, 0) is 80.5 Å². The van der Waals surface area contributed by atoms with Crippen molar-refractivity contribution in [2.75, 3.05) is 13.7 Å². The summed E-state index contributed by atoms with van der Waals surface area (Å²) in [7, 11) is 1.17. The van der Waals surface area contributed by atoms with Crippen LogP contribution in [-0.4, -0.2) is 78.1 Å². The molecule has 13 heteroatoms. The molecule has 5 N–H and O–H groups in total. The molecule has 0 heterocycles. The number of esters is 1. The van der Waals surface area contributed by atoms with E-state index in [9.17, 15) is 19.2 Å². The van der Waals surface area contributed by atoms with Crippen LogP contribution in [0.4, 0.5) is 4.79 Å². The van der Waals surface area contributed by atoms with E-state index in [4.69, 9.17) is 19.9 Å². The quantitative estimate of drug-likeness (QED) is 0.0510. The molecule has 0 aliphatic heterocycles. The van der Waals surface area contributed by atoms with Gasteiger partial charge in [0.25, 0.3) is 0 Å². The summed E-state index contributed by atoms with van der Waals surface area (Å²) >= 11 is 1.43. The molecule has 0 saturated carbocycles. The van der Waals surface area contributed by atoms with Crippen molar-refractivity contribution in [1.29, 1.82) is 0 Å². The highest BCUT2D eigenvalue weighted by Crippen LogP contribution is 2.54. The standard InChI is InChI=1S/C52H58N4O8S/c1-33(64-50(2,3)4)44(48(60)62-7)55-46(58)42(31-43(53)57)54-47(59)45(56-49(61)63-32-41-39-29-19-17-27-37(39)38-28-18-20-30-40(38)41)51(5,6)65-52(34-21-11-8-12-22-34,35-23-13-9-14-24-35)36-25-15-10-16-26-36/h8-30,33,41-42,44-45H,31-32H2,1-7H3,(H2,53,57)(H,54,59)(H,55,58)(H,56,61)/t33-,42+,44+,45-/m1/s1. The highest BCUT2D eigenvalue weighted by atomic mass is 32.2. The maximum Gasteiger partial charge on any atom is 0.407 e. The van der Waals surface area contributed by atoms with Gasteiger partial charge in [-0.25, -0.2) is 9.59 Å². The Hall–Kier alpha value is -6.44. The van der Waals surface area contributed by atoms with Gasteiger partial charge in [0.05, 0.1) is 30.0 Å². The van der Waals surface area contributed by atoms with Gasteiger partial charge >= 0.3 is 12.1 Å². The number of amides is 4. The summed E-state index contributed by atoms with van der Waals surface area (Å²) in [5, 5.41) is 8.20. The van der Waals surface area contributed by atoms with Crippen LogP contribution in [0, 0.1) is 0 Å². The summed E-state index contributed by atoms with van der Waals surface area (Å²) in [6.07, 6.45) is -2.38. The van der Waals surface area contributed by atoms with Crippen LogP contribution in [0.1, 0.15) is 81.7 Å². The molecule has 12 nitrogen and oxygen atoms in total. The predicted octanol–water partition coefficient (Wildman–Crippen LogP) is 7.62. The first kappa shape index (κ1) is 48.0. The van der Waals surface area contributed by atoms with Crippen molar-refractivity contribution < 1.29 is 38.2 Å². The van der Waals surface area contributed by atoms with Crippen LogP contribution in [0.15, 0.2) is 140 Å². The molecular formula is C52H58N4O8S. The number of primary amides is 1. The SMILES string of the molecule is COC(=O)[C@@H](NC(=O)[C@H](CC(N)=O)NC(=O)[C@@H](NC(=O)OCC1c2ccccc2-c2ccccc21)C(C)(C)SC(c1ccccc1)(c1ccccc1)c1ccccc1)[C@@H](C)OC(C)(C)C. The van der Waals surface area contributed by atoms with E-state index in [1.54, 1.807) is 27.7 Å². The normalized spacial score (nSPS) is 14.4. The van der Waals surface area contributed by atoms with Gasteiger partial charge in [-0.2, -0.15) is 0 Å². The number of nitrogens with two attached hydrogens (primary N) is 1. The van der Waals surface area contributed by atoms with E-state index in [-0.39, 0.29) is 12.5 Å². The van der Waals surface area contributed by atoms with Crippen molar-refractivity contribution in [3.63, 3.8) is 0 Å². The Morgan fingerprint density at radius 1 is 0.646 bits per heavy atom. The molecule has 0 unspecified atom stereocenters. The first-order valence-electron chi connectivity index (χ1n) is 21.6. The zero-order valence-corrected chi connectivity index (χ0v) is 38.6. The number of carbonyl (C=O) groups is 5. The lowest BCUT2D eigenvalue weighted by Gasteiger charge is -2.44. The number of nitrogens with one attached hydrogen (secondary N) is 3. The number of rotatable bonds is 18. The van der Waals surface area contributed by atoms with Crippen LogP contribution in [0.5, 0.6) is 0 Å². The minimum atomic E-state index is -1.58. The van der Waals surface area contributed by atoms with Gasteiger partial charge in [0, 0.05) is 10.7 Å². The smallest absolute Gasteiger partial charge is 0.407 e. The van der Waals surface area contributed by atoms with Crippen LogP contribution in [-0.2, 0) is 38.1 Å². The molecule has 0 radical (unpaired) electrons. The third-order valence-corrected chi connectivity index (χ3v) is 13.1. The molecule has 5 aromatic carbocycles. The van der Waals surface area contributed by atoms with Crippen LogP contribution in [0.2, 0.25) is 0 Å². The van der Waals surface area contributed by atoms with E-state index in [1.165, 1.54) is 18.9 Å². The van der Waals surface area contributed by atoms with Gasteiger partial charge < -0.3 is 35.9 Å². The minimum absolute atomic E-state index is 0.0276. The lowest BCUT2D eigenvalue weighted by atomic mass is 9.84. The van der Waals surface area contributed by atoms with Crippen molar-refractivity contribution in [3.8, 4) is 11.1 Å². The van der Waals surface area contributed by atoms with E-state index in [2.05, 4.69) is 16.0 Å². The van der Waals surface area contributed by atoms with Gasteiger partial charge in [-0.3, -0.25) is 14.4 Å². The number of fused-ring (bicyclic) bond motifs is 3. The Labute approximate surface area is 385 Å². The summed E-state index contributed by atoms with van der Waals surface area (Å²) in [6, 6.07) is 41.2. The molecule has 5 aromatic rings. The Bertz CT molecular complexity index is 2320. The number of thioether (sulfide) groups is 1. The fourth-order valence-corrected chi connectivity index (χ4v) is 10.3. The Morgan fingerprint density at radius 2 is 1.11 bits per heavy atom. The molecule has 65 heavy (non-hydrogen) atoms. The van der Waals surface area contributed by atoms with E-state index in [0.717, 1.165) is 38.9 Å². The van der Waals surface area contributed by atoms with Crippen LogP contribution >= 0.6 is 11.8 Å². The number of carbonyl (C=O) groups excluding carboxylic acids is 5. The second-order valence-corrected chi connectivity index (χ2v) is 19.4. The fourth-order valence-electron chi connectivity index (χ4n) is 8.50. The second kappa shape index (κ2) is 20.6. The highest BCUT2D eigenvalue weighted by molar-refractivity contribution is 8.02. The van der Waals surface area contributed by atoms with Gasteiger partial charge in [0.1, 0.15) is 18.7 Å². The summed E-state index contributed by atoms with van der Waals surface area (Å²) in [5.41, 5.74) is 11.8. The first-order valence-corrected chi connectivity index (χ1v) is 22.4. The van der Waals surface area contributed by atoms with Crippen molar-refractivity contribution in [2.24, 2.45) is 5.73 Å². The summed E-state index contributed by atoms with van der Waals surface area (Å²) < 4.78 is 14.8. The number of alkyl carbamates (subject to hydrolysis) is 1.